The molecule has 1 heterocycles. The molecule has 9 N–H and O–H groups in total. The summed E-state index contributed by atoms with van der Waals surface area (Å²) in [5, 5.41) is 63.8. The fourth-order valence-electron chi connectivity index (χ4n) is 8.60. The van der Waals surface area contributed by atoms with Gasteiger partial charge in [0, 0.05) is 99.1 Å². The third-order valence-corrected chi connectivity index (χ3v) is 13.5. The Bertz CT molecular complexity index is 3510. The van der Waals surface area contributed by atoms with Gasteiger partial charge in [0.05, 0.1) is 9.79 Å². The van der Waals surface area contributed by atoms with Gasteiger partial charge in [-0.25, -0.2) is 0 Å². The van der Waals surface area contributed by atoms with Gasteiger partial charge in [0.25, 0.3) is 20.2 Å². The molecule has 340 valence electrons. The maximum Gasteiger partial charge on any atom is 0.294 e. The topological polar surface area (TPSA) is 264 Å². The molecule has 8 bridgehead atoms. The van der Waals surface area contributed by atoms with Gasteiger partial charge < -0.3 is 40.6 Å². The van der Waals surface area contributed by atoms with Crippen molar-refractivity contribution in [1.29, 1.82) is 0 Å². The van der Waals surface area contributed by atoms with E-state index >= 15 is 0 Å². The van der Waals surface area contributed by atoms with Crippen LogP contribution < -0.4 is 16.1 Å². The second-order valence-electron chi connectivity index (χ2n) is 16.4. The maximum absolute atomic E-state index is 12.6. The van der Waals surface area contributed by atoms with Gasteiger partial charge in [0.2, 0.25) is 0 Å². The van der Waals surface area contributed by atoms with E-state index in [1.165, 1.54) is 36.4 Å². The van der Waals surface area contributed by atoms with Gasteiger partial charge >= 0.3 is 0 Å². The molecule has 0 saturated heterocycles. The molecular weight excluding hydrogens is 921 g/mol. The number of aromatic hydroxyl groups is 5. The fourth-order valence-corrected chi connectivity index (χ4v) is 10.0. The fraction of sp³-hybridized carbons (Fsp3) is 0.102. The van der Waals surface area contributed by atoms with Crippen molar-refractivity contribution in [1.82, 2.24) is 0 Å². The van der Waals surface area contributed by atoms with E-state index < -0.39 is 30.0 Å². The molecule has 0 atom stereocenters. The molecule has 0 fully saturated rings. The number of hydrogen-bond acceptors (Lipinski definition) is 12. The third kappa shape index (κ3) is 8.95. The summed E-state index contributed by atoms with van der Waals surface area (Å²) in [4.78, 5) is 11.1. The summed E-state index contributed by atoms with van der Waals surface area (Å²) in [6, 6.07) is 26.8. The molecule has 0 saturated carbocycles. The number of benzene rings is 7. The minimum absolute atomic E-state index is 0.00694. The quantitative estimate of drug-likeness (QED) is 0.0339. The van der Waals surface area contributed by atoms with Crippen LogP contribution in [0.4, 0.5) is 11.4 Å². The molecule has 18 heteroatoms. The minimum atomic E-state index is -4.84. The molecule has 0 amide bonds. The Balaban J connectivity index is 1.12. The molecule has 9 rings (SSSR count). The monoisotopic (exact) mass is 958 g/mol. The van der Waals surface area contributed by atoms with Crippen LogP contribution >= 0.6 is 12.2 Å². The first kappa shape index (κ1) is 44.7. The van der Waals surface area contributed by atoms with Crippen LogP contribution in [0.3, 0.4) is 0 Å². The summed E-state index contributed by atoms with van der Waals surface area (Å²) in [5.74, 6) is -1.08. The molecule has 6 aromatic carbocycles. The van der Waals surface area contributed by atoms with Crippen molar-refractivity contribution in [2.75, 3.05) is 10.6 Å². The largest absolute Gasteiger partial charge is 0.508 e. The van der Waals surface area contributed by atoms with E-state index in [1.807, 2.05) is 12.1 Å². The number of fused-ring (bicyclic) bond motifs is 10. The van der Waals surface area contributed by atoms with E-state index in [1.54, 1.807) is 43.3 Å². The van der Waals surface area contributed by atoms with Crippen LogP contribution in [0.1, 0.15) is 50.1 Å². The highest BCUT2D eigenvalue weighted by Crippen LogP contribution is 2.43. The highest BCUT2D eigenvalue weighted by atomic mass is 32.2. The second-order valence-corrected chi connectivity index (χ2v) is 19.6. The van der Waals surface area contributed by atoms with Gasteiger partial charge in [0.15, 0.2) is 10.5 Å². The van der Waals surface area contributed by atoms with E-state index in [0.29, 0.717) is 33.5 Å². The van der Waals surface area contributed by atoms with Crippen molar-refractivity contribution in [3.8, 4) is 51.2 Å². The van der Waals surface area contributed by atoms with Gasteiger partial charge in [-0.2, -0.15) is 16.8 Å². The molecule has 67 heavy (non-hydrogen) atoms. The van der Waals surface area contributed by atoms with Gasteiger partial charge in [-0.3, -0.25) is 13.9 Å². The predicted octanol–water partition coefficient (Wildman–Crippen LogP) is 8.38. The first-order valence-electron chi connectivity index (χ1n) is 20.4. The van der Waals surface area contributed by atoms with Crippen molar-refractivity contribution in [3.63, 3.8) is 0 Å². The van der Waals surface area contributed by atoms with Crippen LogP contribution in [-0.4, -0.2) is 56.6 Å². The predicted molar refractivity (Wildman–Crippen MR) is 254 cm³/mol. The van der Waals surface area contributed by atoms with Crippen molar-refractivity contribution in [2.24, 2.45) is 0 Å². The summed E-state index contributed by atoms with van der Waals surface area (Å²) in [7, 11) is -9.69. The van der Waals surface area contributed by atoms with Gasteiger partial charge in [0.1, 0.15) is 40.1 Å². The molecule has 0 unspecified atom stereocenters. The lowest BCUT2D eigenvalue weighted by atomic mass is 9.90. The molecule has 6 aromatic rings. The van der Waals surface area contributed by atoms with Gasteiger partial charge in [-0.1, -0.05) is 29.8 Å². The van der Waals surface area contributed by atoms with Crippen LogP contribution in [0.25, 0.3) is 33.4 Å². The SMILES string of the molecule is Cc1cc2c(O)c(c1)Cc1cc(S(=O)(=O)O)cc(c1O)Cc1cc(NC(=S)Nc3ccc(-c4c5ccc(=O)cc-5oc5cc(O)ccc45)cc3)cc(c1O)Cc1cc(S(=O)(=O)O)cc(c1O)C2. The average Bonchev–Trinajstić information content (AvgIpc) is 3.24. The van der Waals surface area contributed by atoms with Gasteiger partial charge in [-0.05, 0) is 109 Å². The van der Waals surface area contributed by atoms with Crippen molar-refractivity contribution in [2.45, 2.75) is 42.4 Å². The molecule has 0 aromatic heterocycles. The zero-order chi connectivity index (χ0) is 47.7. The summed E-state index contributed by atoms with van der Waals surface area (Å²) in [6.07, 6.45) is -1.16. The van der Waals surface area contributed by atoms with E-state index in [0.717, 1.165) is 35.4 Å². The van der Waals surface area contributed by atoms with E-state index in [-0.39, 0.29) is 115 Å². The molecule has 0 radical (unpaired) electrons. The standard InChI is InChI=1S/C49H38N2O13S3/c1-24-10-26-12-30-18-38(66(58,59)60)20-32(47(30)56)14-28-16-35(17-29(46(28)55)15-33-21-39(67(61,62)63)19-31(48(33)57)13-27(11-24)45(26)54)51-49(65)50-34-4-2-25(3-5-34)44-40-8-6-36(52)22-42(40)64-43-23-37(53)7-9-41(43)44/h2-11,16-23,52,54-57H,12-15H2,1H3,(H2,50,51,65)(H,58,59,60)(H,61,62,63). The number of phenols is 5. The Hall–Kier alpha value is -7.48. The van der Waals surface area contributed by atoms with Crippen LogP contribution in [0.5, 0.6) is 28.7 Å². The first-order valence-corrected chi connectivity index (χ1v) is 23.7. The molecular formula is C49H38N2O13S3. The van der Waals surface area contributed by atoms with E-state index in [4.69, 9.17) is 16.6 Å². The number of thiocarbonyl (C=S) groups is 1. The number of aryl methyl sites for hydroxylation is 1. The maximum atomic E-state index is 12.6. The summed E-state index contributed by atoms with van der Waals surface area (Å²) < 4.78 is 76.7. The lowest BCUT2D eigenvalue weighted by molar-refractivity contribution is 0.449. The lowest BCUT2D eigenvalue weighted by Gasteiger charge is -2.20. The normalized spacial score (nSPS) is 12.8. The van der Waals surface area contributed by atoms with E-state index in [9.17, 15) is 56.3 Å². The highest BCUT2D eigenvalue weighted by Gasteiger charge is 2.25. The van der Waals surface area contributed by atoms with Crippen LogP contribution in [-0.2, 0) is 45.9 Å². The molecule has 3 aliphatic rings. The zero-order valence-corrected chi connectivity index (χ0v) is 37.5. The smallest absolute Gasteiger partial charge is 0.294 e. The Labute approximate surface area is 387 Å². The third-order valence-electron chi connectivity index (χ3n) is 11.6. The van der Waals surface area contributed by atoms with Crippen molar-refractivity contribution < 1.29 is 55.9 Å². The minimum Gasteiger partial charge on any atom is -0.508 e. The first-order chi connectivity index (χ1) is 31.7. The van der Waals surface area contributed by atoms with Crippen molar-refractivity contribution in [3.05, 3.63) is 169 Å². The Kier molecular flexibility index (Phi) is 11.2. The van der Waals surface area contributed by atoms with Crippen LogP contribution in [0.2, 0.25) is 0 Å². The lowest BCUT2D eigenvalue weighted by Crippen LogP contribution is -2.19. The van der Waals surface area contributed by atoms with Crippen LogP contribution in [0.15, 0.2) is 128 Å². The number of anilines is 2. The number of phenolic OH excluding ortho intramolecular Hbond substituents is 5. The summed E-state index contributed by atoms with van der Waals surface area (Å²) in [6.45, 7) is 1.72. The highest BCUT2D eigenvalue weighted by molar-refractivity contribution is 7.86. The molecule has 2 aliphatic carbocycles. The van der Waals surface area contributed by atoms with Crippen molar-refractivity contribution >= 4 is 59.9 Å². The molecule has 1 aliphatic heterocycles. The Morgan fingerprint density at radius 3 is 1.48 bits per heavy atom. The summed E-state index contributed by atoms with van der Waals surface area (Å²) >= 11 is 5.72. The van der Waals surface area contributed by atoms with E-state index in [2.05, 4.69) is 10.6 Å². The van der Waals surface area contributed by atoms with Gasteiger partial charge in [-0.15, -0.1) is 0 Å². The number of nitrogens with one attached hydrogen (secondary N) is 2. The summed E-state index contributed by atoms with van der Waals surface area (Å²) in [5.41, 5.74) is 4.36. The van der Waals surface area contributed by atoms with Crippen LogP contribution in [0, 0.1) is 6.92 Å². The molecule has 0 spiro atoms. The second kappa shape index (κ2) is 16.7. The number of hydrogen-bond donors (Lipinski definition) is 9. The molecule has 15 nitrogen and oxygen atoms in total. The average molecular weight is 959 g/mol. The zero-order valence-electron chi connectivity index (χ0n) is 35.0. The Morgan fingerprint density at radius 2 is 1.00 bits per heavy atom. The Morgan fingerprint density at radius 1 is 0.552 bits per heavy atom. The number of rotatable bonds is 5.